The van der Waals surface area contributed by atoms with Crippen LogP contribution in [0, 0.1) is 10.1 Å². The molecule has 0 spiro atoms. The van der Waals surface area contributed by atoms with E-state index >= 15 is 0 Å². The van der Waals surface area contributed by atoms with Gasteiger partial charge in [0.15, 0.2) is 4.90 Å². The molecule has 28 heavy (non-hydrogen) atoms. The lowest BCUT2D eigenvalue weighted by atomic mass is 10.2. The Hall–Kier alpha value is -2.45. The number of nitrogens with one attached hydrogen (secondary N) is 1. The molecule has 0 saturated heterocycles. The van der Waals surface area contributed by atoms with Gasteiger partial charge in [0.05, 0.1) is 9.95 Å². The first-order valence-electron chi connectivity index (χ1n) is 7.22. The minimum Gasteiger partial charge on any atom is -0.258 e. The zero-order valence-corrected chi connectivity index (χ0v) is 16.7. The highest BCUT2D eigenvalue weighted by molar-refractivity contribution is 8.05. The van der Waals surface area contributed by atoms with Gasteiger partial charge in [0.1, 0.15) is 5.01 Å². The molecule has 1 aromatic heterocycles. The van der Waals surface area contributed by atoms with Gasteiger partial charge in [-0.15, -0.1) is 10.2 Å². The Kier molecular flexibility index (Phi) is 5.45. The summed E-state index contributed by atoms with van der Waals surface area (Å²) in [6, 6.07) is 10.9. The van der Waals surface area contributed by atoms with Crippen molar-refractivity contribution in [1.82, 2.24) is 14.3 Å². The van der Waals surface area contributed by atoms with Crippen LogP contribution in [0.3, 0.4) is 0 Å². The second-order valence-electron chi connectivity index (χ2n) is 5.17. The summed E-state index contributed by atoms with van der Waals surface area (Å²) in [4.78, 5) is 9.31. The number of nitrogens with zero attached hydrogens (tertiary/aromatic N) is 3. The van der Waals surface area contributed by atoms with Crippen LogP contribution < -0.4 is 4.13 Å². The van der Waals surface area contributed by atoms with Crippen LogP contribution in [0.1, 0.15) is 0 Å². The van der Waals surface area contributed by atoms with Crippen LogP contribution >= 0.6 is 22.9 Å². The maximum atomic E-state index is 12.4. The van der Waals surface area contributed by atoms with E-state index in [-0.39, 0.29) is 5.01 Å². The molecule has 2 aromatic carbocycles. The van der Waals surface area contributed by atoms with Crippen molar-refractivity contribution in [3.05, 3.63) is 63.7 Å². The summed E-state index contributed by atoms with van der Waals surface area (Å²) in [6.45, 7) is 0. The summed E-state index contributed by atoms with van der Waals surface area (Å²) >= 11 is 6.63. The lowest BCUT2D eigenvalue weighted by Crippen LogP contribution is -2.31. The van der Waals surface area contributed by atoms with E-state index in [1.54, 1.807) is 24.3 Å². The van der Waals surface area contributed by atoms with Crippen molar-refractivity contribution in [2.75, 3.05) is 0 Å². The van der Waals surface area contributed by atoms with Crippen molar-refractivity contribution in [2.24, 2.45) is 0 Å². The SMILES string of the molecule is O=[N+]([O-])c1ccccc1S(=O)(=O)NS(=O)(=O)c1nnc(-c2ccccc2Cl)s1. The summed E-state index contributed by atoms with van der Waals surface area (Å²) in [7, 11) is -9.44. The summed E-state index contributed by atoms with van der Waals surface area (Å²) in [5.41, 5.74) is -0.344. The van der Waals surface area contributed by atoms with Crippen molar-refractivity contribution in [3.8, 4) is 10.6 Å². The normalized spacial score (nSPS) is 12.0. The molecule has 10 nitrogen and oxygen atoms in total. The molecule has 0 atom stereocenters. The van der Waals surface area contributed by atoms with Gasteiger partial charge in [-0.3, -0.25) is 10.1 Å². The predicted molar refractivity (Wildman–Crippen MR) is 101 cm³/mol. The molecule has 0 bridgehead atoms. The fraction of sp³-hybridized carbons (Fsp3) is 0. The molecule has 0 aliphatic rings. The minimum absolute atomic E-state index is 0.161. The second-order valence-corrected chi connectivity index (χ2v) is 10.3. The first kappa shape index (κ1) is 20.3. The van der Waals surface area contributed by atoms with Gasteiger partial charge in [-0.25, -0.2) is 16.8 Å². The molecule has 0 radical (unpaired) electrons. The third-order valence-corrected chi connectivity index (χ3v) is 8.52. The van der Waals surface area contributed by atoms with Crippen LogP contribution in [0.2, 0.25) is 5.02 Å². The highest BCUT2D eigenvalue weighted by Gasteiger charge is 2.32. The highest BCUT2D eigenvalue weighted by Crippen LogP contribution is 2.32. The highest BCUT2D eigenvalue weighted by atomic mass is 35.5. The largest absolute Gasteiger partial charge is 0.289 e. The number of halogens is 1. The minimum atomic E-state index is -4.77. The number of nitro groups is 1. The molecular formula is C14H9ClN4O6S3. The third kappa shape index (κ3) is 4.02. The Bertz CT molecular complexity index is 1270. The number of aromatic nitrogens is 2. The Morgan fingerprint density at radius 3 is 2.29 bits per heavy atom. The van der Waals surface area contributed by atoms with E-state index < -0.39 is 39.9 Å². The van der Waals surface area contributed by atoms with Gasteiger partial charge in [0, 0.05) is 11.6 Å². The van der Waals surface area contributed by atoms with Gasteiger partial charge in [0.25, 0.3) is 25.7 Å². The second kappa shape index (κ2) is 7.52. The molecular weight excluding hydrogens is 452 g/mol. The first-order valence-corrected chi connectivity index (χ1v) is 11.4. The Morgan fingerprint density at radius 1 is 0.964 bits per heavy atom. The van der Waals surface area contributed by atoms with Gasteiger partial charge < -0.3 is 0 Å². The van der Waals surface area contributed by atoms with E-state index in [0.29, 0.717) is 21.9 Å². The summed E-state index contributed by atoms with van der Waals surface area (Å²) in [6.07, 6.45) is 0. The number of para-hydroxylation sites is 1. The third-order valence-electron chi connectivity index (χ3n) is 3.31. The van der Waals surface area contributed by atoms with E-state index in [4.69, 9.17) is 11.6 Å². The Balaban J connectivity index is 1.97. The lowest BCUT2D eigenvalue weighted by molar-refractivity contribution is -0.387. The van der Waals surface area contributed by atoms with Crippen LogP contribution in [-0.2, 0) is 20.0 Å². The molecule has 0 saturated carbocycles. The van der Waals surface area contributed by atoms with Gasteiger partial charge in [0.2, 0.25) is 4.34 Å². The van der Waals surface area contributed by atoms with Gasteiger partial charge in [-0.1, -0.05) is 57.4 Å². The zero-order chi connectivity index (χ0) is 20.5. The van der Waals surface area contributed by atoms with Crippen molar-refractivity contribution >= 4 is 48.7 Å². The molecule has 0 aliphatic carbocycles. The van der Waals surface area contributed by atoms with E-state index in [1.165, 1.54) is 16.3 Å². The maximum Gasteiger partial charge on any atom is 0.289 e. The van der Waals surface area contributed by atoms with Crippen LogP contribution in [0.25, 0.3) is 10.6 Å². The quantitative estimate of drug-likeness (QED) is 0.435. The number of hydrogen-bond donors (Lipinski definition) is 1. The molecule has 0 amide bonds. The van der Waals surface area contributed by atoms with Gasteiger partial charge >= 0.3 is 0 Å². The fourth-order valence-electron chi connectivity index (χ4n) is 2.12. The maximum absolute atomic E-state index is 12.4. The van der Waals surface area contributed by atoms with E-state index in [1.807, 2.05) is 0 Å². The van der Waals surface area contributed by atoms with E-state index in [2.05, 4.69) is 10.2 Å². The molecule has 0 fully saturated rings. The molecule has 1 N–H and O–H groups in total. The van der Waals surface area contributed by atoms with Gasteiger partial charge in [-0.05, 0) is 12.1 Å². The van der Waals surface area contributed by atoms with Crippen LogP contribution in [0.15, 0.2) is 57.8 Å². The number of benzene rings is 2. The van der Waals surface area contributed by atoms with Crippen molar-refractivity contribution in [1.29, 1.82) is 0 Å². The van der Waals surface area contributed by atoms with Crippen LogP contribution in [0.5, 0.6) is 0 Å². The Morgan fingerprint density at radius 2 is 1.61 bits per heavy atom. The molecule has 0 aliphatic heterocycles. The van der Waals surface area contributed by atoms with Crippen LogP contribution in [-0.4, -0.2) is 32.0 Å². The van der Waals surface area contributed by atoms with E-state index in [0.717, 1.165) is 12.1 Å². The monoisotopic (exact) mass is 460 g/mol. The number of rotatable bonds is 6. The van der Waals surface area contributed by atoms with Crippen molar-refractivity contribution in [2.45, 2.75) is 9.24 Å². The molecule has 146 valence electrons. The topological polar surface area (TPSA) is 149 Å². The Labute approximate surface area is 168 Å². The van der Waals surface area contributed by atoms with Gasteiger partial charge in [-0.2, -0.15) is 0 Å². The summed E-state index contributed by atoms with van der Waals surface area (Å²) in [5.74, 6) is 0. The molecule has 3 aromatic rings. The van der Waals surface area contributed by atoms with Crippen molar-refractivity contribution in [3.63, 3.8) is 0 Å². The molecule has 1 heterocycles. The summed E-state index contributed by atoms with van der Waals surface area (Å²) in [5, 5.41) is 18.7. The summed E-state index contributed by atoms with van der Waals surface area (Å²) < 4.78 is 50.5. The lowest BCUT2D eigenvalue weighted by Gasteiger charge is -2.06. The number of nitro benzene ring substituents is 1. The molecule has 0 unspecified atom stereocenters. The molecule has 3 rings (SSSR count). The number of sulfonamides is 2. The average Bonchev–Trinajstić information content (AvgIpc) is 3.12. The fourth-order valence-corrected chi connectivity index (χ4v) is 6.63. The molecule has 14 heteroatoms. The predicted octanol–water partition coefficient (Wildman–Crippen LogP) is 2.43. The standard InChI is InChI=1S/C14H9ClN4O6S3/c15-10-6-2-1-5-9(10)13-16-17-14(26-13)28(24,25)18-27(22,23)12-8-4-3-7-11(12)19(20)21/h1-8,18H. The smallest absolute Gasteiger partial charge is 0.258 e. The average molecular weight is 461 g/mol. The number of hydrogen-bond acceptors (Lipinski definition) is 9. The first-order chi connectivity index (χ1) is 13.1. The van der Waals surface area contributed by atoms with Crippen molar-refractivity contribution < 1.29 is 21.8 Å². The zero-order valence-electron chi connectivity index (χ0n) is 13.5. The van der Waals surface area contributed by atoms with E-state index in [9.17, 15) is 26.9 Å². The van der Waals surface area contributed by atoms with Crippen LogP contribution in [0.4, 0.5) is 5.69 Å².